The van der Waals surface area contributed by atoms with E-state index in [-0.39, 0.29) is 19.0 Å². The Labute approximate surface area is 173 Å². The second kappa shape index (κ2) is 8.57. The summed E-state index contributed by atoms with van der Waals surface area (Å²) in [4.78, 5) is 17.6. The van der Waals surface area contributed by atoms with E-state index in [1.807, 2.05) is 6.07 Å². The number of thiazole rings is 1. The number of fused-ring (bicyclic) bond motifs is 1. The Hall–Kier alpha value is -2.35. The van der Waals surface area contributed by atoms with Crippen LogP contribution in [-0.2, 0) is 21.4 Å². The molecule has 2 aromatic rings. The van der Waals surface area contributed by atoms with Gasteiger partial charge in [0.05, 0.1) is 43.2 Å². The number of methoxy groups -OCH3 is 2. The van der Waals surface area contributed by atoms with Gasteiger partial charge in [-0.25, -0.2) is 12.7 Å². The molecular weight excluding hydrogens is 414 g/mol. The van der Waals surface area contributed by atoms with Crippen molar-refractivity contribution in [1.29, 1.82) is 0 Å². The van der Waals surface area contributed by atoms with Crippen molar-refractivity contribution in [2.45, 2.75) is 19.4 Å². The normalized spacial score (nSPS) is 18.6. The summed E-state index contributed by atoms with van der Waals surface area (Å²) in [5.41, 5.74) is 0.790. The third-order valence-corrected chi connectivity index (χ3v) is 7.16. The first-order valence-corrected chi connectivity index (χ1v) is 11.7. The Kier molecular flexibility index (Phi) is 6.31. The highest BCUT2D eigenvalue weighted by atomic mass is 32.2. The summed E-state index contributed by atoms with van der Waals surface area (Å²) in [6.07, 6.45) is 7.92. The second-order valence-electron chi connectivity index (χ2n) is 6.76. The highest BCUT2D eigenvalue weighted by Gasteiger charge is 2.30. The first kappa shape index (κ1) is 21.4. The minimum Gasteiger partial charge on any atom is -0.493 e. The topological polar surface area (TPSA) is 90.2 Å². The second-order valence-corrected chi connectivity index (χ2v) is 9.75. The molecule has 10 heteroatoms. The molecule has 1 saturated heterocycles. The van der Waals surface area contributed by atoms with Gasteiger partial charge in [-0.15, -0.1) is 6.42 Å². The molecule has 1 amide bonds. The van der Waals surface area contributed by atoms with E-state index in [1.165, 1.54) is 15.6 Å². The van der Waals surface area contributed by atoms with Gasteiger partial charge in [-0.3, -0.25) is 4.79 Å². The Morgan fingerprint density at radius 1 is 1.34 bits per heavy atom. The smallest absolute Gasteiger partial charge is 0.252 e. The van der Waals surface area contributed by atoms with Crippen molar-refractivity contribution < 1.29 is 22.7 Å². The number of hydrogen-bond donors (Lipinski definition) is 0. The van der Waals surface area contributed by atoms with E-state index in [0.29, 0.717) is 35.7 Å². The highest BCUT2D eigenvalue weighted by Crippen LogP contribution is 2.33. The van der Waals surface area contributed by atoms with Gasteiger partial charge in [0.2, 0.25) is 10.0 Å². The van der Waals surface area contributed by atoms with Gasteiger partial charge in [-0.2, -0.15) is 4.99 Å². The van der Waals surface area contributed by atoms with Gasteiger partial charge in [0.25, 0.3) is 5.91 Å². The quantitative estimate of drug-likeness (QED) is 0.661. The number of amides is 1. The van der Waals surface area contributed by atoms with E-state index in [9.17, 15) is 13.2 Å². The first-order chi connectivity index (χ1) is 13.8. The first-order valence-electron chi connectivity index (χ1n) is 9.01. The molecule has 0 bridgehead atoms. The minimum absolute atomic E-state index is 0.156. The maximum Gasteiger partial charge on any atom is 0.252 e. The molecule has 1 unspecified atom stereocenters. The molecule has 1 aromatic carbocycles. The molecule has 2 heterocycles. The standard InChI is InChI=1S/C19H23N3O5S2/c1-5-8-22-14-10-15(26-2)16(27-3)11-17(14)28-19(22)20-18(23)13-7-6-9-21(12-13)29(4,24)25/h1,10-11,13H,6-9,12H2,2-4H3. The van der Waals surface area contributed by atoms with Crippen LogP contribution in [0.25, 0.3) is 10.2 Å². The molecule has 8 nitrogen and oxygen atoms in total. The maximum absolute atomic E-state index is 12.8. The predicted octanol–water partition coefficient (Wildman–Crippen LogP) is 1.45. The Morgan fingerprint density at radius 2 is 2.03 bits per heavy atom. The van der Waals surface area contributed by atoms with Gasteiger partial charge < -0.3 is 14.0 Å². The zero-order valence-electron chi connectivity index (χ0n) is 16.5. The van der Waals surface area contributed by atoms with Gasteiger partial charge in [0.1, 0.15) is 0 Å². The zero-order chi connectivity index (χ0) is 21.2. The van der Waals surface area contributed by atoms with Crippen molar-refractivity contribution in [3.63, 3.8) is 0 Å². The number of ether oxygens (including phenoxy) is 2. The molecule has 1 aliphatic heterocycles. The van der Waals surface area contributed by atoms with Gasteiger partial charge >= 0.3 is 0 Å². The lowest BCUT2D eigenvalue weighted by Crippen LogP contribution is -2.41. The fourth-order valence-electron chi connectivity index (χ4n) is 3.36. The van der Waals surface area contributed by atoms with Crippen LogP contribution in [0.3, 0.4) is 0 Å². The number of piperidine rings is 1. The Balaban J connectivity index is 2.03. The summed E-state index contributed by atoms with van der Waals surface area (Å²) < 4.78 is 38.3. The number of hydrogen-bond acceptors (Lipinski definition) is 6. The third-order valence-electron chi connectivity index (χ3n) is 4.85. The number of nitrogens with zero attached hydrogens (tertiary/aromatic N) is 3. The van der Waals surface area contributed by atoms with Crippen molar-refractivity contribution in [3.8, 4) is 23.8 Å². The largest absolute Gasteiger partial charge is 0.493 e. The van der Waals surface area contributed by atoms with E-state index in [1.54, 1.807) is 24.9 Å². The molecule has 156 valence electrons. The van der Waals surface area contributed by atoms with Crippen LogP contribution in [0.5, 0.6) is 11.5 Å². The van der Waals surface area contributed by atoms with Gasteiger partial charge in [-0.05, 0) is 12.8 Å². The summed E-state index contributed by atoms with van der Waals surface area (Å²) in [5.74, 6) is 2.91. The van der Waals surface area contributed by atoms with Gasteiger partial charge in [0, 0.05) is 25.2 Å². The van der Waals surface area contributed by atoms with E-state index in [0.717, 1.165) is 16.5 Å². The van der Waals surface area contributed by atoms with Crippen molar-refractivity contribution in [1.82, 2.24) is 8.87 Å². The molecule has 0 radical (unpaired) electrons. The summed E-state index contributed by atoms with van der Waals surface area (Å²) in [5, 5.41) is 0. The van der Waals surface area contributed by atoms with Crippen LogP contribution in [0.15, 0.2) is 17.1 Å². The van der Waals surface area contributed by atoms with Crippen LogP contribution in [-0.4, -0.2) is 56.8 Å². The molecule has 29 heavy (non-hydrogen) atoms. The molecule has 1 aliphatic rings. The highest BCUT2D eigenvalue weighted by molar-refractivity contribution is 7.88. The number of sulfonamides is 1. The van der Waals surface area contributed by atoms with E-state index in [4.69, 9.17) is 15.9 Å². The SMILES string of the molecule is C#CCn1c(=NC(=O)C2CCCN(S(C)(=O)=O)C2)sc2cc(OC)c(OC)cc21. The van der Waals surface area contributed by atoms with Crippen molar-refractivity contribution in [2.75, 3.05) is 33.6 Å². The van der Waals surface area contributed by atoms with Gasteiger partial charge in [-0.1, -0.05) is 17.3 Å². The summed E-state index contributed by atoms with van der Waals surface area (Å²) in [7, 11) is -0.233. The summed E-state index contributed by atoms with van der Waals surface area (Å²) in [6.45, 7) is 0.826. The van der Waals surface area contributed by atoms with Crippen molar-refractivity contribution in [2.24, 2.45) is 10.9 Å². The van der Waals surface area contributed by atoms with Crippen LogP contribution in [0.4, 0.5) is 0 Å². The van der Waals surface area contributed by atoms with Crippen LogP contribution < -0.4 is 14.3 Å². The van der Waals surface area contributed by atoms with E-state index < -0.39 is 15.9 Å². The number of aromatic nitrogens is 1. The average molecular weight is 438 g/mol. The number of carbonyl (C=O) groups is 1. The van der Waals surface area contributed by atoms with E-state index in [2.05, 4.69) is 10.9 Å². The molecule has 3 rings (SSSR count). The monoisotopic (exact) mass is 437 g/mol. The molecule has 0 spiro atoms. The van der Waals surface area contributed by atoms with E-state index >= 15 is 0 Å². The number of benzene rings is 1. The van der Waals surface area contributed by atoms with Crippen LogP contribution >= 0.6 is 11.3 Å². The minimum atomic E-state index is -3.34. The summed E-state index contributed by atoms with van der Waals surface area (Å²) >= 11 is 1.32. The fraction of sp³-hybridized carbons (Fsp3) is 0.474. The molecule has 0 aliphatic carbocycles. The van der Waals surface area contributed by atoms with Gasteiger partial charge in [0.15, 0.2) is 16.3 Å². The Bertz CT molecular complexity index is 1140. The third kappa shape index (κ3) is 4.47. The van der Waals surface area contributed by atoms with Crippen LogP contribution in [0.2, 0.25) is 0 Å². The average Bonchev–Trinajstić information content (AvgIpc) is 3.02. The molecule has 0 N–H and O–H groups in total. The summed E-state index contributed by atoms with van der Waals surface area (Å²) in [6, 6.07) is 3.62. The molecular formula is C19H23N3O5S2. The molecule has 1 atom stereocenters. The number of terminal acetylenes is 1. The van der Waals surface area contributed by atoms with Crippen LogP contribution in [0, 0.1) is 18.3 Å². The number of carbonyl (C=O) groups excluding carboxylic acids is 1. The maximum atomic E-state index is 12.8. The lowest BCUT2D eigenvalue weighted by molar-refractivity contribution is -0.122. The zero-order valence-corrected chi connectivity index (χ0v) is 18.2. The predicted molar refractivity (Wildman–Crippen MR) is 111 cm³/mol. The Morgan fingerprint density at radius 3 is 2.66 bits per heavy atom. The van der Waals surface area contributed by atoms with Crippen molar-refractivity contribution >= 4 is 37.5 Å². The molecule has 1 fully saturated rings. The molecule has 1 aromatic heterocycles. The molecule has 0 saturated carbocycles. The lowest BCUT2D eigenvalue weighted by Gasteiger charge is -2.28. The van der Waals surface area contributed by atoms with Crippen LogP contribution in [0.1, 0.15) is 12.8 Å². The number of rotatable bonds is 5. The lowest BCUT2D eigenvalue weighted by atomic mass is 9.99. The van der Waals surface area contributed by atoms with Crippen molar-refractivity contribution in [3.05, 3.63) is 16.9 Å². The fourth-order valence-corrected chi connectivity index (χ4v) is 5.31.